The summed E-state index contributed by atoms with van der Waals surface area (Å²) in [5.41, 5.74) is -0.120. The number of amides is 2. The number of nitrogens with one attached hydrogen (secondary N) is 1. The van der Waals surface area contributed by atoms with Crippen LogP contribution in [0.25, 0.3) is 0 Å². The Kier molecular flexibility index (Phi) is 4.11. The van der Waals surface area contributed by atoms with Gasteiger partial charge in [-0.1, -0.05) is 20.8 Å². The maximum atomic E-state index is 12.6. The summed E-state index contributed by atoms with van der Waals surface area (Å²) in [5.74, 6) is 0.752. The fourth-order valence-corrected chi connectivity index (χ4v) is 4.17. The molecule has 2 amide bonds. The van der Waals surface area contributed by atoms with Crippen LogP contribution in [-0.4, -0.2) is 43.6 Å². The summed E-state index contributed by atoms with van der Waals surface area (Å²) in [6.45, 7) is 6.16. The van der Waals surface area contributed by atoms with E-state index in [1.807, 2.05) is 4.90 Å². The Balaban J connectivity index is 1.70. The van der Waals surface area contributed by atoms with Gasteiger partial charge in [0.15, 0.2) is 0 Å². The van der Waals surface area contributed by atoms with Crippen molar-refractivity contribution in [3.05, 3.63) is 5.82 Å². The van der Waals surface area contributed by atoms with Crippen LogP contribution in [0.3, 0.4) is 0 Å². The summed E-state index contributed by atoms with van der Waals surface area (Å²) < 4.78 is 4.33. The molecule has 2 unspecified atom stereocenters. The van der Waals surface area contributed by atoms with E-state index >= 15 is 0 Å². The number of aliphatic hydroxyl groups is 1. The Morgan fingerprint density at radius 1 is 1.32 bits per heavy atom. The first-order valence-electron chi connectivity index (χ1n) is 7.96. The summed E-state index contributed by atoms with van der Waals surface area (Å²) in [4.78, 5) is 19.0. The summed E-state index contributed by atoms with van der Waals surface area (Å²) >= 11 is 1.23. The van der Waals surface area contributed by atoms with Crippen LogP contribution in [0.5, 0.6) is 0 Å². The molecule has 22 heavy (non-hydrogen) atoms. The van der Waals surface area contributed by atoms with Crippen LogP contribution in [0.2, 0.25) is 0 Å². The third kappa shape index (κ3) is 3.10. The molecule has 1 aromatic heterocycles. The predicted octanol–water partition coefficient (Wildman–Crippen LogP) is 2.75. The van der Waals surface area contributed by atoms with Crippen molar-refractivity contribution in [2.45, 2.75) is 76.5 Å². The second-order valence-electron chi connectivity index (χ2n) is 7.37. The maximum absolute atomic E-state index is 12.6. The van der Waals surface area contributed by atoms with Crippen LogP contribution >= 0.6 is 11.5 Å². The Hall–Kier alpha value is -1.21. The van der Waals surface area contributed by atoms with Gasteiger partial charge < -0.3 is 10.0 Å². The predicted molar refractivity (Wildman–Crippen MR) is 86.1 cm³/mol. The van der Waals surface area contributed by atoms with Crippen LogP contribution in [0.15, 0.2) is 0 Å². The molecule has 2 fully saturated rings. The topological polar surface area (TPSA) is 78.4 Å². The van der Waals surface area contributed by atoms with Crippen molar-refractivity contribution in [2.75, 3.05) is 5.32 Å². The standard InChI is InChI=1S/C15H24N4O2S/c1-15(2,3)12-16-13(22-18-12)17-14(21)19-9-5-4-6-10(19)8-11(20)7-9/h9-11,20H,4-8H2,1-3H3,(H,16,17,18,21). The molecule has 0 spiro atoms. The van der Waals surface area contributed by atoms with Crippen molar-refractivity contribution in [1.82, 2.24) is 14.3 Å². The van der Waals surface area contributed by atoms with Crippen molar-refractivity contribution in [2.24, 2.45) is 0 Å². The average molecular weight is 324 g/mol. The van der Waals surface area contributed by atoms with Gasteiger partial charge in [0.2, 0.25) is 5.13 Å². The highest BCUT2D eigenvalue weighted by Gasteiger charge is 2.40. The monoisotopic (exact) mass is 324 g/mol. The van der Waals surface area contributed by atoms with Gasteiger partial charge in [-0.3, -0.25) is 5.32 Å². The first kappa shape index (κ1) is 15.7. The average Bonchev–Trinajstić information content (AvgIpc) is 2.85. The van der Waals surface area contributed by atoms with Gasteiger partial charge in [0.05, 0.1) is 6.10 Å². The van der Waals surface area contributed by atoms with Crippen LogP contribution in [0, 0.1) is 0 Å². The number of urea groups is 1. The second-order valence-corrected chi connectivity index (χ2v) is 8.13. The number of aromatic nitrogens is 2. The number of rotatable bonds is 1. The molecule has 1 aromatic rings. The van der Waals surface area contributed by atoms with Gasteiger partial charge in [-0.15, -0.1) is 0 Å². The summed E-state index contributed by atoms with van der Waals surface area (Å²) in [7, 11) is 0. The van der Waals surface area contributed by atoms with Crippen molar-refractivity contribution >= 4 is 22.7 Å². The first-order valence-corrected chi connectivity index (χ1v) is 8.73. The van der Waals surface area contributed by atoms with Gasteiger partial charge in [-0.05, 0) is 32.1 Å². The Morgan fingerprint density at radius 2 is 1.95 bits per heavy atom. The van der Waals surface area contributed by atoms with E-state index in [9.17, 15) is 9.90 Å². The molecule has 3 rings (SSSR count). The maximum Gasteiger partial charge on any atom is 0.324 e. The summed E-state index contributed by atoms with van der Waals surface area (Å²) in [6.07, 6.45) is 4.20. The molecule has 122 valence electrons. The Bertz CT molecular complexity index is 540. The van der Waals surface area contributed by atoms with E-state index in [1.54, 1.807) is 0 Å². The van der Waals surface area contributed by atoms with E-state index < -0.39 is 0 Å². The molecule has 7 heteroatoms. The van der Waals surface area contributed by atoms with Gasteiger partial charge in [-0.25, -0.2) is 9.78 Å². The van der Waals surface area contributed by atoms with Crippen LogP contribution in [-0.2, 0) is 5.41 Å². The molecule has 2 bridgehead atoms. The normalized spacial score (nSPS) is 28.5. The summed E-state index contributed by atoms with van der Waals surface area (Å²) in [6, 6.07) is 0.202. The number of hydrogen-bond donors (Lipinski definition) is 2. The number of aliphatic hydroxyl groups excluding tert-OH is 1. The summed E-state index contributed by atoms with van der Waals surface area (Å²) in [5, 5.41) is 13.4. The molecule has 0 radical (unpaired) electrons. The number of anilines is 1. The third-order valence-electron chi connectivity index (χ3n) is 4.50. The van der Waals surface area contributed by atoms with Gasteiger partial charge in [0, 0.05) is 29.0 Å². The minimum atomic E-state index is -0.270. The molecule has 2 atom stereocenters. The number of carbonyl (C=O) groups is 1. The van der Waals surface area contributed by atoms with Gasteiger partial charge in [0.25, 0.3) is 0 Å². The van der Waals surface area contributed by atoms with Crippen molar-refractivity contribution < 1.29 is 9.90 Å². The molecule has 0 saturated carbocycles. The molecule has 3 heterocycles. The van der Waals surface area contributed by atoms with E-state index in [0.29, 0.717) is 18.0 Å². The van der Waals surface area contributed by atoms with Gasteiger partial charge >= 0.3 is 6.03 Å². The highest BCUT2D eigenvalue weighted by atomic mass is 32.1. The SMILES string of the molecule is CC(C)(C)c1nsc(NC(=O)N2C3CCCC2CC(O)C3)n1. The lowest BCUT2D eigenvalue weighted by atomic mass is 9.83. The molecule has 0 aromatic carbocycles. The zero-order valence-corrected chi connectivity index (χ0v) is 14.2. The Labute approximate surface area is 135 Å². The zero-order chi connectivity index (χ0) is 15.9. The minimum Gasteiger partial charge on any atom is -0.393 e. The van der Waals surface area contributed by atoms with Gasteiger partial charge in [0.1, 0.15) is 5.82 Å². The van der Waals surface area contributed by atoms with E-state index in [2.05, 4.69) is 35.4 Å². The molecule has 2 saturated heterocycles. The molecule has 6 nitrogen and oxygen atoms in total. The van der Waals surface area contributed by atoms with Crippen molar-refractivity contribution in [3.63, 3.8) is 0 Å². The lowest BCUT2D eigenvalue weighted by Crippen LogP contribution is -2.57. The zero-order valence-electron chi connectivity index (χ0n) is 13.4. The lowest BCUT2D eigenvalue weighted by molar-refractivity contribution is 0.00210. The van der Waals surface area contributed by atoms with E-state index in [4.69, 9.17) is 0 Å². The Morgan fingerprint density at radius 3 is 2.50 bits per heavy atom. The molecule has 2 aliphatic rings. The van der Waals surface area contributed by atoms with Crippen LogP contribution < -0.4 is 5.32 Å². The largest absolute Gasteiger partial charge is 0.393 e. The highest BCUT2D eigenvalue weighted by Crippen LogP contribution is 2.34. The number of fused-ring (bicyclic) bond motifs is 2. The quantitative estimate of drug-likeness (QED) is 0.832. The molecule has 2 N–H and O–H groups in total. The lowest BCUT2D eigenvalue weighted by Gasteiger charge is -2.47. The fourth-order valence-electron chi connectivity index (χ4n) is 3.42. The first-order chi connectivity index (χ1) is 10.3. The minimum absolute atomic E-state index is 0.0989. The fraction of sp³-hybridized carbons (Fsp3) is 0.800. The number of nitrogens with zero attached hydrogens (tertiary/aromatic N) is 3. The number of carbonyl (C=O) groups excluding carboxylic acids is 1. The van der Waals surface area contributed by atoms with Crippen molar-refractivity contribution in [1.29, 1.82) is 0 Å². The second kappa shape index (κ2) is 5.77. The number of hydrogen-bond acceptors (Lipinski definition) is 5. The van der Waals surface area contributed by atoms with E-state index in [-0.39, 0.29) is 29.6 Å². The smallest absolute Gasteiger partial charge is 0.324 e. The van der Waals surface area contributed by atoms with Crippen LogP contribution in [0.1, 0.15) is 58.7 Å². The highest BCUT2D eigenvalue weighted by molar-refractivity contribution is 7.09. The molecule has 2 aliphatic heterocycles. The molecular weight excluding hydrogens is 300 g/mol. The van der Waals surface area contributed by atoms with E-state index in [0.717, 1.165) is 25.1 Å². The molecular formula is C15H24N4O2S. The van der Waals surface area contributed by atoms with Crippen molar-refractivity contribution in [3.8, 4) is 0 Å². The third-order valence-corrected chi connectivity index (χ3v) is 5.13. The number of piperidine rings is 2. The van der Waals surface area contributed by atoms with Crippen LogP contribution in [0.4, 0.5) is 9.93 Å². The molecule has 0 aliphatic carbocycles. The van der Waals surface area contributed by atoms with Gasteiger partial charge in [-0.2, -0.15) is 4.37 Å². The van der Waals surface area contributed by atoms with E-state index in [1.165, 1.54) is 11.5 Å².